The fourth-order valence-electron chi connectivity index (χ4n) is 3.91. The molecule has 1 aliphatic rings. The van der Waals surface area contributed by atoms with Crippen molar-refractivity contribution in [2.75, 3.05) is 45.4 Å². The van der Waals surface area contributed by atoms with Gasteiger partial charge in [0.2, 0.25) is 0 Å². The van der Waals surface area contributed by atoms with E-state index in [-0.39, 0.29) is 10.8 Å². The number of alkyl halides is 3. The van der Waals surface area contributed by atoms with E-state index in [1.807, 2.05) is 24.3 Å². The first kappa shape index (κ1) is 25.8. The van der Waals surface area contributed by atoms with Gasteiger partial charge in [-0.1, -0.05) is 12.1 Å². The van der Waals surface area contributed by atoms with Crippen LogP contribution in [0.4, 0.5) is 18.9 Å². The number of nitrogens with zero attached hydrogens (tertiary/aromatic N) is 2. The number of nitrogens with one attached hydrogen (secondary N) is 1. The summed E-state index contributed by atoms with van der Waals surface area (Å²) in [4.78, 5) is 18.5. The number of morpholine rings is 1. The number of thiazole rings is 1. The Morgan fingerprint density at radius 2 is 1.89 bits per heavy atom. The quantitative estimate of drug-likeness (QED) is 0.462. The molecule has 1 N–H and O–H groups in total. The lowest BCUT2D eigenvalue weighted by molar-refractivity contribution is -0.141. The molecule has 1 atom stereocenters. The number of amides is 1. The summed E-state index contributed by atoms with van der Waals surface area (Å²) in [5.41, 5.74) is 0.855. The van der Waals surface area contributed by atoms with Crippen molar-refractivity contribution in [3.63, 3.8) is 0 Å². The molecule has 1 aromatic heterocycles. The number of methoxy groups -OCH3 is 2. The van der Waals surface area contributed by atoms with E-state index in [1.165, 1.54) is 14.2 Å². The van der Waals surface area contributed by atoms with Crippen LogP contribution in [-0.2, 0) is 10.9 Å². The van der Waals surface area contributed by atoms with Gasteiger partial charge in [-0.05, 0) is 36.8 Å². The maximum absolute atomic E-state index is 13.9. The predicted octanol–water partition coefficient (Wildman–Crippen LogP) is 5.17. The highest BCUT2D eigenvalue weighted by molar-refractivity contribution is 7.17. The summed E-state index contributed by atoms with van der Waals surface area (Å²) in [6.45, 7) is 4.49. The van der Waals surface area contributed by atoms with Crippen LogP contribution < -0.4 is 19.7 Å². The summed E-state index contributed by atoms with van der Waals surface area (Å²) < 4.78 is 57.4. The smallest absolute Gasteiger partial charge is 0.435 e. The lowest BCUT2D eigenvalue weighted by Crippen LogP contribution is -2.36. The molecule has 2 heterocycles. The number of benzene rings is 2. The molecule has 0 bridgehead atoms. The molecule has 0 aliphatic carbocycles. The van der Waals surface area contributed by atoms with E-state index in [1.54, 1.807) is 25.1 Å². The molecular weight excluding hydrogens is 495 g/mol. The molecule has 3 aromatic rings. The maximum Gasteiger partial charge on any atom is 0.435 e. The number of aromatic nitrogens is 1. The maximum atomic E-state index is 13.9. The zero-order chi connectivity index (χ0) is 25.9. The van der Waals surface area contributed by atoms with E-state index >= 15 is 0 Å². The summed E-state index contributed by atoms with van der Waals surface area (Å²) in [5.74, 6) is -0.0748. The summed E-state index contributed by atoms with van der Waals surface area (Å²) in [7, 11) is 2.87. The van der Waals surface area contributed by atoms with Gasteiger partial charge in [0.15, 0.2) is 5.69 Å². The van der Waals surface area contributed by atoms with Crippen molar-refractivity contribution in [3.8, 4) is 22.1 Å². The molecule has 2 aromatic carbocycles. The molecule has 1 fully saturated rings. The van der Waals surface area contributed by atoms with E-state index in [0.29, 0.717) is 35.9 Å². The van der Waals surface area contributed by atoms with Crippen molar-refractivity contribution in [1.29, 1.82) is 0 Å². The second-order valence-corrected chi connectivity index (χ2v) is 9.15. The highest BCUT2D eigenvalue weighted by Crippen LogP contribution is 2.41. The average molecular weight is 522 g/mol. The van der Waals surface area contributed by atoms with Gasteiger partial charge in [0, 0.05) is 24.8 Å². The number of ether oxygens (including phenoxy) is 3. The van der Waals surface area contributed by atoms with Gasteiger partial charge < -0.3 is 24.4 Å². The summed E-state index contributed by atoms with van der Waals surface area (Å²) in [6.07, 6.45) is -4.80. The Kier molecular flexibility index (Phi) is 7.70. The third kappa shape index (κ3) is 5.57. The third-order valence-electron chi connectivity index (χ3n) is 5.84. The van der Waals surface area contributed by atoms with Crippen molar-refractivity contribution in [1.82, 2.24) is 10.3 Å². The lowest BCUT2D eigenvalue weighted by Gasteiger charge is -2.29. The van der Waals surface area contributed by atoms with Crippen LogP contribution >= 0.6 is 11.3 Å². The molecule has 192 valence electrons. The lowest BCUT2D eigenvalue weighted by atomic mass is 10.1. The van der Waals surface area contributed by atoms with Gasteiger partial charge in [-0.25, -0.2) is 4.98 Å². The van der Waals surface area contributed by atoms with Crippen molar-refractivity contribution in [2.45, 2.75) is 19.1 Å². The van der Waals surface area contributed by atoms with Crippen LogP contribution in [-0.4, -0.2) is 51.4 Å². The minimum atomic E-state index is -4.80. The topological polar surface area (TPSA) is 72.9 Å². The van der Waals surface area contributed by atoms with Gasteiger partial charge in [0.25, 0.3) is 5.91 Å². The van der Waals surface area contributed by atoms with Gasteiger partial charge in [0.05, 0.1) is 39.0 Å². The number of hydrogen-bond donors (Lipinski definition) is 1. The monoisotopic (exact) mass is 521 g/mol. The molecule has 0 saturated carbocycles. The first-order valence-electron chi connectivity index (χ1n) is 11.2. The van der Waals surface area contributed by atoms with Crippen LogP contribution in [0.2, 0.25) is 0 Å². The Morgan fingerprint density at radius 1 is 1.14 bits per heavy atom. The average Bonchev–Trinajstić information content (AvgIpc) is 3.35. The van der Waals surface area contributed by atoms with E-state index < -0.39 is 28.7 Å². The Morgan fingerprint density at radius 3 is 2.56 bits per heavy atom. The Bertz CT molecular complexity index is 1230. The van der Waals surface area contributed by atoms with Crippen LogP contribution in [0.3, 0.4) is 0 Å². The largest absolute Gasteiger partial charge is 0.497 e. The second kappa shape index (κ2) is 10.8. The Hall–Kier alpha value is -3.31. The fraction of sp³-hybridized carbons (Fsp3) is 0.360. The fourth-order valence-corrected chi connectivity index (χ4v) is 4.93. The number of carbonyl (C=O) groups excluding carboxylic acids is 1. The van der Waals surface area contributed by atoms with Gasteiger partial charge >= 0.3 is 6.18 Å². The van der Waals surface area contributed by atoms with Crippen molar-refractivity contribution >= 4 is 22.9 Å². The van der Waals surface area contributed by atoms with Crippen molar-refractivity contribution < 1.29 is 32.2 Å². The Labute approximate surface area is 210 Å². The van der Waals surface area contributed by atoms with E-state index in [2.05, 4.69) is 15.2 Å². The highest BCUT2D eigenvalue weighted by Gasteiger charge is 2.40. The van der Waals surface area contributed by atoms with E-state index in [4.69, 9.17) is 14.2 Å². The minimum absolute atomic E-state index is 0.0222. The van der Waals surface area contributed by atoms with Crippen molar-refractivity contribution in [2.24, 2.45) is 0 Å². The van der Waals surface area contributed by atoms with Gasteiger partial charge in [-0.3, -0.25) is 4.79 Å². The van der Waals surface area contributed by atoms with Gasteiger partial charge in [-0.15, -0.1) is 11.3 Å². The van der Waals surface area contributed by atoms with E-state index in [9.17, 15) is 18.0 Å². The standard InChI is InChI=1S/C25H26F3N3O4S/c1-15(16-5-4-6-17(13-16)31-9-11-35-12-10-31)29-23(32)21-22(25(26,27)28)30-24(36-21)19-8-7-18(33-2)14-20(19)34-3/h4-8,13-15H,9-12H2,1-3H3,(H,29,32). The van der Waals surface area contributed by atoms with Crippen LogP contribution in [0, 0.1) is 0 Å². The zero-order valence-corrected chi connectivity index (χ0v) is 20.8. The summed E-state index contributed by atoms with van der Waals surface area (Å²) >= 11 is 0.668. The molecule has 1 amide bonds. The normalized spacial score (nSPS) is 14.9. The number of anilines is 1. The summed E-state index contributed by atoms with van der Waals surface area (Å²) in [6, 6.07) is 11.8. The molecule has 1 saturated heterocycles. The second-order valence-electron chi connectivity index (χ2n) is 8.15. The highest BCUT2D eigenvalue weighted by atomic mass is 32.1. The molecule has 1 unspecified atom stereocenters. The molecule has 0 radical (unpaired) electrons. The SMILES string of the molecule is COc1ccc(-c2nc(C(F)(F)F)c(C(=O)NC(C)c3cccc(N4CCOCC4)c3)s2)c(OC)c1. The van der Waals surface area contributed by atoms with Crippen LogP contribution in [0.1, 0.15) is 33.9 Å². The molecule has 7 nitrogen and oxygen atoms in total. The molecule has 11 heteroatoms. The number of carbonyl (C=O) groups is 1. The Balaban J connectivity index is 1.61. The molecule has 36 heavy (non-hydrogen) atoms. The molecule has 4 rings (SSSR count). The summed E-state index contributed by atoms with van der Waals surface area (Å²) in [5, 5.41) is 2.73. The molecular formula is C25H26F3N3O4S. The van der Waals surface area contributed by atoms with Crippen molar-refractivity contribution in [3.05, 3.63) is 58.6 Å². The van der Waals surface area contributed by atoms with E-state index in [0.717, 1.165) is 24.3 Å². The van der Waals surface area contributed by atoms with Crippen LogP contribution in [0.25, 0.3) is 10.6 Å². The van der Waals surface area contributed by atoms with Gasteiger partial charge in [0.1, 0.15) is 21.4 Å². The number of rotatable bonds is 7. The zero-order valence-electron chi connectivity index (χ0n) is 20.0. The van der Waals surface area contributed by atoms with Crippen LogP contribution in [0.5, 0.6) is 11.5 Å². The first-order chi connectivity index (χ1) is 17.2. The molecule has 0 spiro atoms. The van der Waals surface area contributed by atoms with Crippen LogP contribution in [0.15, 0.2) is 42.5 Å². The first-order valence-corrected chi connectivity index (χ1v) is 12.1. The number of halogens is 3. The van der Waals surface area contributed by atoms with Gasteiger partial charge in [-0.2, -0.15) is 13.2 Å². The predicted molar refractivity (Wildman–Crippen MR) is 131 cm³/mol. The minimum Gasteiger partial charge on any atom is -0.497 e. The molecule has 1 aliphatic heterocycles. The third-order valence-corrected chi connectivity index (χ3v) is 6.92. The number of hydrogen-bond acceptors (Lipinski definition) is 7.